The summed E-state index contributed by atoms with van der Waals surface area (Å²) in [6.07, 6.45) is 4.05. The second kappa shape index (κ2) is 9.83. The van der Waals surface area contributed by atoms with Crippen molar-refractivity contribution in [2.75, 3.05) is 12.4 Å². The number of carbonyl (C=O) groups excluding carboxylic acids is 2. The summed E-state index contributed by atoms with van der Waals surface area (Å²) in [7, 11) is 1.61. The molecule has 0 unspecified atom stereocenters. The quantitative estimate of drug-likeness (QED) is 0.562. The number of methoxy groups -OCH3 is 1. The van der Waals surface area contributed by atoms with Gasteiger partial charge in [0.1, 0.15) is 12.3 Å². The minimum absolute atomic E-state index is 0.0696. The number of carbonyl (C=O) groups is 2. The van der Waals surface area contributed by atoms with Crippen LogP contribution in [0.3, 0.4) is 0 Å². The van der Waals surface area contributed by atoms with Crippen molar-refractivity contribution in [2.45, 2.75) is 32.9 Å². The molecule has 0 radical (unpaired) electrons. The zero-order chi connectivity index (χ0) is 20.6. The number of aromatic nitrogens is 3. The lowest BCUT2D eigenvalue weighted by Crippen LogP contribution is -2.27. The number of rotatable bonds is 9. The maximum Gasteiger partial charge on any atom is 0.242 e. The molecule has 2 aromatic heterocycles. The Kier molecular flexibility index (Phi) is 6.96. The molecule has 0 fully saturated rings. The van der Waals surface area contributed by atoms with Gasteiger partial charge in [-0.1, -0.05) is 18.2 Å². The summed E-state index contributed by atoms with van der Waals surface area (Å²) in [5, 5.41) is 12.6. The number of nitrogens with one attached hydrogen (secondary N) is 2. The van der Waals surface area contributed by atoms with Crippen LogP contribution in [0.15, 0.2) is 42.0 Å². The van der Waals surface area contributed by atoms with Crippen molar-refractivity contribution >= 4 is 28.8 Å². The smallest absolute Gasteiger partial charge is 0.242 e. The highest BCUT2D eigenvalue weighted by Gasteiger charge is 2.10. The second-order valence-corrected chi connectivity index (χ2v) is 7.48. The Morgan fingerprint density at radius 2 is 2.07 bits per heavy atom. The van der Waals surface area contributed by atoms with E-state index in [2.05, 4.69) is 20.7 Å². The van der Waals surface area contributed by atoms with Crippen molar-refractivity contribution in [2.24, 2.45) is 0 Å². The van der Waals surface area contributed by atoms with Gasteiger partial charge in [0.2, 0.25) is 11.8 Å². The zero-order valence-corrected chi connectivity index (χ0v) is 17.2. The third-order valence-corrected chi connectivity index (χ3v) is 4.99. The van der Waals surface area contributed by atoms with Crippen molar-refractivity contribution in [1.82, 2.24) is 20.1 Å². The van der Waals surface area contributed by atoms with Crippen LogP contribution in [-0.4, -0.2) is 33.7 Å². The first kappa shape index (κ1) is 20.5. The monoisotopic (exact) mass is 413 g/mol. The molecule has 2 N–H and O–H groups in total. The molecule has 0 aliphatic carbocycles. The number of benzene rings is 1. The Hall–Kier alpha value is -3.20. The van der Waals surface area contributed by atoms with Crippen LogP contribution in [0, 0.1) is 6.92 Å². The van der Waals surface area contributed by atoms with Gasteiger partial charge in [0.25, 0.3) is 0 Å². The number of thiazole rings is 1. The normalized spacial score (nSPS) is 10.6. The minimum Gasteiger partial charge on any atom is -0.496 e. The summed E-state index contributed by atoms with van der Waals surface area (Å²) in [6.45, 7) is 2.38. The number of nitrogens with zero attached hydrogens (tertiary/aromatic N) is 3. The van der Waals surface area contributed by atoms with E-state index in [1.165, 1.54) is 10.9 Å². The summed E-state index contributed by atoms with van der Waals surface area (Å²) in [6, 6.07) is 7.62. The van der Waals surface area contributed by atoms with Crippen LogP contribution in [0.25, 0.3) is 0 Å². The molecular weight excluding hydrogens is 390 g/mol. The number of hydrogen-bond acceptors (Lipinski definition) is 6. The number of amides is 2. The molecule has 0 aliphatic heterocycles. The lowest BCUT2D eigenvalue weighted by molar-refractivity contribution is -0.122. The van der Waals surface area contributed by atoms with Gasteiger partial charge in [0.05, 0.1) is 36.2 Å². The maximum atomic E-state index is 12.2. The molecule has 2 amide bonds. The minimum atomic E-state index is -0.173. The second-order valence-electron chi connectivity index (χ2n) is 6.42. The predicted octanol–water partition coefficient (Wildman–Crippen LogP) is 2.54. The van der Waals surface area contributed by atoms with Gasteiger partial charge in [0, 0.05) is 18.0 Å². The fraction of sp³-hybridized carbons (Fsp3) is 0.300. The predicted molar refractivity (Wildman–Crippen MR) is 111 cm³/mol. The van der Waals surface area contributed by atoms with E-state index in [0.717, 1.165) is 22.0 Å². The molecule has 0 spiro atoms. The highest BCUT2D eigenvalue weighted by molar-refractivity contribution is 7.09. The van der Waals surface area contributed by atoms with Crippen LogP contribution in [0.2, 0.25) is 0 Å². The molecule has 3 aromatic rings. The summed E-state index contributed by atoms with van der Waals surface area (Å²) in [5.41, 5.74) is 2.37. The van der Waals surface area contributed by atoms with Crippen molar-refractivity contribution in [3.05, 3.63) is 58.3 Å². The molecule has 2 heterocycles. The average molecular weight is 414 g/mol. The molecule has 1 aromatic carbocycles. The SMILES string of the molecule is COc1ccccc1CCC(=O)Nc1cnn(CC(=O)NCc2csc(C)n2)c1. The standard InChI is InChI=1S/C20H23N5O3S/c1-14-23-17(13-29-14)9-21-20(27)12-25-11-16(10-22-25)24-19(26)8-7-15-5-3-4-6-18(15)28-2/h3-6,10-11,13H,7-9,12H2,1-2H3,(H,21,27)(H,24,26). The van der Waals surface area contributed by atoms with Crippen molar-refractivity contribution in [1.29, 1.82) is 0 Å². The molecule has 0 atom stereocenters. The van der Waals surface area contributed by atoms with Crippen molar-refractivity contribution < 1.29 is 14.3 Å². The number of hydrogen-bond donors (Lipinski definition) is 2. The Morgan fingerprint density at radius 1 is 1.24 bits per heavy atom. The van der Waals surface area contributed by atoms with E-state index in [0.29, 0.717) is 25.1 Å². The van der Waals surface area contributed by atoms with E-state index in [4.69, 9.17) is 4.74 Å². The summed E-state index contributed by atoms with van der Waals surface area (Å²) < 4.78 is 6.78. The molecule has 0 saturated carbocycles. The molecule has 29 heavy (non-hydrogen) atoms. The van der Waals surface area contributed by atoms with Gasteiger partial charge in [-0.15, -0.1) is 11.3 Å². The van der Waals surface area contributed by atoms with Gasteiger partial charge in [-0.3, -0.25) is 14.3 Å². The van der Waals surface area contributed by atoms with Gasteiger partial charge in [0.15, 0.2) is 0 Å². The summed E-state index contributed by atoms with van der Waals surface area (Å²) in [4.78, 5) is 28.6. The third-order valence-electron chi connectivity index (χ3n) is 4.17. The number of aryl methyl sites for hydroxylation is 2. The lowest BCUT2D eigenvalue weighted by Gasteiger charge is -2.07. The molecule has 152 valence electrons. The van der Waals surface area contributed by atoms with Gasteiger partial charge in [-0.2, -0.15) is 5.10 Å². The first-order valence-corrected chi connectivity index (χ1v) is 10.0. The maximum absolute atomic E-state index is 12.2. The van der Waals surface area contributed by atoms with Gasteiger partial charge >= 0.3 is 0 Å². The van der Waals surface area contributed by atoms with E-state index in [1.807, 2.05) is 36.6 Å². The number of para-hydroxylation sites is 1. The molecule has 0 saturated heterocycles. The number of anilines is 1. The van der Waals surface area contributed by atoms with Crippen LogP contribution in [0.5, 0.6) is 5.75 Å². The number of ether oxygens (including phenoxy) is 1. The zero-order valence-electron chi connectivity index (χ0n) is 16.3. The van der Waals surface area contributed by atoms with Crippen LogP contribution < -0.4 is 15.4 Å². The first-order valence-electron chi connectivity index (χ1n) is 9.15. The van der Waals surface area contributed by atoms with E-state index in [-0.39, 0.29) is 18.4 Å². The Balaban J connectivity index is 1.44. The first-order chi connectivity index (χ1) is 14.0. The van der Waals surface area contributed by atoms with Crippen LogP contribution >= 0.6 is 11.3 Å². The van der Waals surface area contributed by atoms with E-state index in [1.54, 1.807) is 24.6 Å². The molecule has 3 rings (SSSR count). The topological polar surface area (TPSA) is 98.1 Å². The van der Waals surface area contributed by atoms with E-state index in [9.17, 15) is 9.59 Å². The Morgan fingerprint density at radius 3 is 2.83 bits per heavy atom. The molecule has 9 heteroatoms. The summed E-state index contributed by atoms with van der Waals surface area (Å²) >= 11 is 1.55. The Labute approximate surface area is 172 Å². The molecule has 0 aliphatic rings. The van der Waals surface area contributed by atoms with Gasteiger partial charge in [-0.25, -0.2) is 4.98 Å². The van der Waals surface area contributed by atoms with E-state index < -0.39 is 0 Å². The van der Waals surface area contributed by atoms with Gasteiger partial charge in [-0.05, 0) is 25.0 Å². The molecule has 8 nitrogen and oxygen atoms in total. The fourth-order valence-corrected chi connectivity index (χ4v) is 3.39. The highest BCUT2D eigenvalue weighted by Crippen LogP contribution is 2.19. The van der Waals surface area contributed by atoms with Crippen LogP contribution in [-0.2, 0) is 29.1 Å². The van der Waals surface area contributed by atoms with Gasteiger partial charge < -0.3 is 15.4 Å². The summed E-state index contributed by atoms with van der Waals surface area (Å²) in [5.74, 6) is 0.471. The molecular formula is C20H23N5O3S. The Bertz CT molecular complexity index is 982. The lowest BCUT2D eigenvalue weighted by atomic mass is 10.1. The van der Waals surface area contributed by atoms with E-state index >= 15 is 0 Å². The van der Waals surface area contributed by atoms with Crippen molar-refractivity contribution in [3.63, 3.8) is 0 Å². The largest absolute Gasteiger partial charge is 0.496 e. The fourth-order valence-electron chi connectivity index (χ4n) is 2.78. The highest BCUT2D eigenvalue weighted by atomic mass is 32.1. The van der Waals surface area contributed by atoms with Crippen molar-refractivity contribution in [3.8, 4) is 5.75 Å². The molecule has 0 bridgehead atoms. The van der Waals surface area contributed by atoms with Crippen LogP contribution in [0.4, 0.5) is 5.69 Å². The third kappa shape index (κ3) is 6.15. The van der Waals surface area contributed by atoms with Crippen LogP contribution in [0.1, 0.15) is 22.7 Å². The average Bonchev–Trinajstić information content (AvgIpc) is 3.33.